The first-order valence-electron chi connectivity index (χ1n) is 3.59. The molecule has 0 saturated heterocycles. The number of hydrogen-bond acceptors (Lipinski definition) is 5. The average Bonchev–Trinajstić information content (AvgIpc) is 2.71. The van der Waals surface area contributed by atoms with Gasteiger partial charge in [0.15, 0.2) is 5.82 Å². The summed E-state index contributed by atoms with van der Waals surface area (Å²) in [7, 11) is 0. The second-order valence-corrected chi connectivity index (χ2v) is 5.31. The zero-order valence-corrected chi connectivity index (χ0v) is 9.50. The smallest absolute Gasteiger partial charge is 0.169 e. The molecule has 4 nitrogen and oxygen atoms in total. The zero-order valence-electron chi connectivity index (χ0n) is 6.53. The average molecular weight is 307 g/mol. The second-order valence-electron chi connectivity index (χ2n) is 2.30. The highest BCUT2D eigenvalue weighted by atomic mass is 127. The fourth-order valence-electron chi connectivity index (χ4n) is 0.840. The van der Waals surface area contributed by atoms with Crippen molar-refractivity contribution in [3.63, 3.8) is 0 Å². The summed E-state index contributed by atoms with van der Waals surface area (Å²) in [5, 5.41) is 7.87. The van der Waals surface area contributed by atoms with Crippen LogP contribution in [0.15, 0.2) is 23.0 Å². The molecule has 68 valence electrons. The number of aromatic nitrogens is 2. The first-order valence-corrected chi connectivity index (χ1v) is 5.48. The van der Waals surface area contributed by atoms with Crippen LogP contribution in [0.3, 0.4) is 0 Å². The number of nitrogens with zero attached hydrogens (tertiary/aromatic N) is 2. The molecule has 13 heavy (non-hydrogen) atoms. The maximum atomic E-state index is 4.68. The zero-order chi connectivity index (χ0) is 9.10. The van der Waals surface area contributed by atoms with E-state index >= 15 is 0 Å². The molecule has 0 aliphatic carbocycles. The summed E-state index contributed by atoms with van der Waals surface area (Å²) in [6.07, 6.45) is 3.39. The Morgan fingerprint density at radius 1 is 1.62 bits per heavy atom. The normalized spacial score (nSPS) is 10.2. The van der Waals surface area contributed by atoms with Gasteiger partial charge in [0.25, 0.3) is 0 Å². The van der Waals surface area contributed by atoms with Gasteiger partial charge in [-0.2, -0.15) is 0 Å². The topological polar surface area (TPSA) is 51.0 Å². The highest BCUT2D eigenvalue weighted by Crippen LogP contribution is 2.15. The Labute approximate surface area is 92.5 Å². The summed E-state index contributed by atoms with van der Waals surface area (Å²) in [4.78, 5) is 4.21. The molecular weight excluding hydrogens is 301 g/mol. The van der Waals surface area contributed by atoms with E-state index in [1.807, 2.05) is 6.20 Å². The number of anilines is 1. The molecule has 2 rings (SSSR count). The highest BCUT2D eigenvalue weighted by molar-refractivity contribution is 14.1. The molecule has 0 radical (unpaired) electrons. The molecule has 0 aromatic carbocycles. The molecule has 0 unspecified atom stereocenters. The first-order chi connectivity index (χ1) is 6.34. The van der Waals surface area contributed by atoms with Crippen molar-refractivity contribution in [2.75, 3.05) is 5.32 Å². The van der Waals surface area contributed by atoms with Crippen molar-refractivity contribution >= 4 is 39.7 Å². The molecule has 1 N–H and O–H groups in total. The predicted molar refractivity (Wildman–Crippen MR) is 58.7 cm³/mol. The standard InChI is InChI=1S/C7H6IN3OS/c8-5-3-10-7(13-5)4-9-6-1-2-12-11-6/h1-3H,4H2,(H,9,11). The van der Waals surface area contributed by atoms with Gasteiger partial charge in [-0.3, -0.25) is 0 Å². The second kappa shape index (κ2) is 4.05. The van der Waals surface area contributed by atoms with Gasteiger partial charge < -0.3 is 9.84 Å². The molecule has 0 spiro atoms. The van der Waals surface area contributed by atoms with Crippen molar-refractivity contribution in [2.24, 2.45) is 0 Å². The molecule has 0 amide bonds. The molecular formula is C7H6IN3OS. The van der Waals surface area contributed by atoms with Gasteiger partial charge in [-0.05, 0) is 22.6 Å². The van der Waals surface area contributed by atoms with Crippen molar-refractivity contribution < 1.29 is 4.52 Å². The van der Waals surface area contributed by atoms with E-state index in [2.05, 4.69) is 42.6 Å². The van der Waals surface area contributed by atoms with E-state index in [1.165, 1.54) is 9.15 Å². The molecule has 0 saturated carbocycles. The van der Waals surface area contributed by atoms with Crippen LogP contribution in [0.1, 0.15) is 5.01 Å². The van der Waals surface area contributed by atoms with Gasteiger partial charge in [0.2, 0.25) is 0 Å². The fraction of sp³-hybridized carbons (Fsp3) is 0.143. The molecule has 0 aliphatic heterocycles. The SMILES string of the molecule is Ic1cnc(CNc2ccon2)s1. The van der Waals surface area contributed by atoms with Gasteiger partial charge in [-0.1, -0.05) is 5.16 Å². The first kappa shape index (κ1) is 8.95. The number of thiazole rings is 1. The monoisotopic (exact) mass is 307 g/mol. The van der Waals surface area contributed by atoms with Gasteiger partial charge in [-0.25, -0.2) is 4.98 Å². The lowest BCUT2D eigenvalue weighted by Crippen LogP contribution is -1.98. The van der Waals surface area contributed by atoms with Crippen LogP contribution in [-0.2, 0) is 6.54 Å². The summed E-state index contributed by atoms with van der Waals surface area (Å²) >= 11 is 3.91. The van der Waals surface area contributed by atoms with Gasteiger partial charge in [-0.15, -0.1) is 11.3 Å². The maximum absolute atomic E-state index is 4.68. The van der Waals surface area contributed by atoms with Crippen molar-refractivity contribution in [3.8, 4) is 0 Å². The molecule has 2 aromatic rings. The Bertz CT molecular complexity index is 373. The van der Waals surface area contributed by atoms with Gasteiger partial charge in [0, 0.05) is 6.07 Å². The fourth-order valence-corrected chi connectivity index (χ4v) is 2.32. The molecule has 2 heterocycles. The molecule has 0 atom stereocenters. The minimum atomic E-state index is 0.695. The molecule has 0 fully saturated rings. The minimum Gasteiger partial charge on any atom is -0.363 e. The van der Waals surface area contributed by atoms with Crippen molar-refractivity contribution in [1.82, 2.24) is 10.1 Å². The van der Waals surface area contributed by atoms with Crippen molar-refractivity contribution in [2.45, 2.75) is 6.54 Å². The molecule has 6 heteroatoms. The van der Waals surface area contributed by atoms with Crippen LogP contribution in [0.25, 0.3) is 0 Å². The number of nitrogens with one attached hydrogen (secondary N) is 1. The van der Waals surface area contributed by atoms with Crippen LogP contribution in [-0.4, -0.2) is 10.1 Å². The van der Waals surface area contributed by atoms with Crippen LogP contribution >= 0.6 is 33.9 Å². The highest BCUT2D eigenvalue weighted by Gasteiger charge is 2.00. The number of hydrogen-bond donors (Lipinski definition) is 1. The third kappa shape index (κ3) is 2.41. The van der Waals surface area contributed by atoms with Crippen LogP contribution in [0.4, 0.5) is 5.82 Å². The van der Waals surface area contributed by atoms with E-state index < -0.39 is 0 Å². The Kier molecular flexibility index (Phi) is 2.79. The lowest BCUT2D eigenvalue weighted by molar-refractivity contribution is 0.422. The third-order valence-corrected chi connectivity index (χ3v) is 3.11. The quantitative estimate of drug-likeness (QED) is 0.884. The summed E-state index contributed by atoms with van der Waals surface area (Å²) in [6.45, 7) is 0.695. The lowest BCUT2D eigenvalue weighted by Gasteiger charge is -1.96. The van der Waals surface area contributed by atoms with Crippen LogP contribution in [0.5, 0.6) is 0 Å². The van der Waals surface area contributed by atoms with E-state index in [0.717, 1.165) is 10.8 Å². The molecule has 0 aliphatic rings. The number of rotatable bonds is 3. The van der Waals surface area contributed by atoms with E-state index in [4.69, 9.17) is 0 Å². The Morgan fingerprint density at radius 3 is 3.15 bits per heavy atom. The maximum Gasteiger partial charge on any atom is 0.169 e. The third-order valence-electron chi connectivity index (χ3n) is 1.38. The summed E-state index contributed by atoms with van der Waals surface area (Å²) in [6, 6.07) is 1.78. The predicted octanol–water partition coefficient (Wildman–Crippen LogP) is 2.35. The molecule has 0 bridgehead atoms. The van der Waals surface area contributed by atoms with Gasteiger partial charge >= 0.3 is 0 Å². The Hall–Kier alpha value is -0.630. The van der Waals surface area contributed by atoms with Crippen molar-refractivity contribution in [3.05, 3.63) is 26.4 Å². The van der Waals surface area contributed by atoms with E-state index in [1.54, 1.807) is 17.4 Å². The van der Waals surface area contributed by atoms with E-state index in [9.17, 15) is 0 Å². The van der Waals surface area contributed by atoms with Crippen molar-refractivity contribution in [1.29, 1.82) is 0 Å². The summed E-state index contributed by atoms with van der Waals surface area (Å²) < 4.78 is 5.87. The van der Waals surface area contributed by atoms with Gasteiger partial charge in [0.1, 0.15) is 11.3 Å². The summed E-state index contributed by atoms with van der Waals surface area (Å²) in [5.74, 6) is 0.741. The van der Waals surface area contributed by atoms with Crippen LogP contribution in [0.2, 0.25) is 0 Å². The molecule has 2 aromatic heterocycles. The van der Waals surface area contributed by atoms with E-state index in [-0.39, 0.29) is 0 Å². The largest absolute Gasteiger partial charge is 0.363 e. The van der Waals surface area contributed by atoms with E-state index in [0.29, 0.717) is 6.54 Å². The Morgan fingerprint density at radius 2 is 2.54 bits per heavy atom. The Balaban J connectivity index is 1.93. The lowest BCUT2D eigenvalue weighted by atomic mass is 10.6. The minimum absolute atomic E-state index is 0.695. The summed E-state index contributed by atoms with van der Waals surface area (Å²) in [5.41, 5.74) is 0. The van der Waals surface area contributed by atoms with Crippen LogP contribution in [0, 0.1) is 2.88 Å². The van der Waals surface area contributed by atoms with Gasteiger partial charge in [0.05, 0.1) is 15.6 Å². The van der Waals surface area contributed by atoms with Crippen LogP contribution < -0.4 is 5.32 Å². The number of halogens is 1.